The number of rotatable bonds is 6. The first-order valence-corrected chi connectivity index (χ1v) is 8.98. The first-order valence-electron chi connectivity index (χ1n) is 8.19. The largest absolute Gasteiger partial charge is 0.479 e. The molecule has 0 heterocycles. The van der Waals surface area contributed by atoms with Gasteiger partial charge in [0.15, 0.2) is 18.2 Å². The number of carbonyl (C=O) groups is 1. The van der Waals surface area contributed by atoms with Crippen LogP contribution >= 0.6 is 15.9 Å². The van der Waals surface area contributed by atoms with Gasteiger partial charge >= 0.3 is 0 Å². The molecule has 1 amide bonds. The lowest BCUT2D eigenvalue weighted by Crippen LogP contribution is -2.12. The van der Waals surface area contributed by atoms with E-state index in [1.807, 2.05) is 6.07 Å². The number of halogens is 2. The average molecular weight is 441 g/mol. The zero-order chi connectivity index (χ0) is 19.9. The smallest absolute Gasteiger partial charge is 0.255 e. The van der Waals surface area contributed by atoms with Crippen LogP contribution < -0.4 is 14.8 Å². The molecule has 3 rings (SSSR count). The number of hydrogen-bond donors (Lipinski definition) is 1. The van der Waals surface area contributed by atoms with Crippen molar-refractivity contribution in [2.75, 3.05) is 11.9 Å². The topological polar surface area (TPSA) is 71.3 Å². The van der Waals surface area contributed by atoms with Crippen LogP contribution in [0.2, 0.25) is 0 Å². The second-order valence-electron chi connectivity index (χ2n) is 5.63. The van der Waals surface area contributed by atoms with Crippen molar-refractivity contribution in [3.8, 4) is 23.3 Å². The van der Waals surface area contributed by atoms with E-state index in [0.717, 1.165) is 10.5 Å². The Hall–Kier alpha value is -3.37. The van der Waals surface area contributed by atoms with Crippen LogP contribution in [0.15, 0.2) is 71.2 Å². The quantitative estimate of drug-likeness (QED) is 0.546. The van der Waals surface area contributed by atoms with Gasteiger partial charge < -0.3 is 14.8 Å². The van der Waals surface area contributed by atoms with Gasteiger partial charge in [-0.1, -0.05) is 15.9 Å². The molecule has 0 aliphatic rings. The SMILES string of the molecule is N#CCOc1ccc(NC(=O)c2ccc(Oc3ccc(Br)cc3)c(F)c2)cc1. The van der Waals surface area contributed by atoms with Crippen molar-refractivity contribution in [1.82, 2.24) is 0 Å². The van der Waals surface area contributed by atoms with E-state index in [4.69, 9.17) is 14.7 Å². The summed E-state index contributed by atoms with van der Waals surface area (Å²) >= 11 is 3.32. The zero-order valence-electron chi connectivity index (χ0n) is 14.5. The summed E-state index contributed by atoms with van der Waals surface area (Å²) < 4.78 is 25.9. The lowest BCUT2D eigenvalue weighted by molar-refractivity contribution is 0.102. The summed E-state index contributed by atoms with van der Waals surface area (Å²) in [5, 5.41) is 11.2. The molecule has 0 saturated carbocycles. The summed E-state index contributed by atoms with van der Waals surface area (Å²) in [6.07, 6.45) is 0. The molecule has 0 bridgehead atoms. The molecule has 0 unspecified atom stereocenters. The summed E-state index contributed by atoms with van der Waals surface area (Å²) in [7, 11) is 0. The molecular weight excluding hydrogens is 427 g/mol. The fourth-order valence-corrected chi connectivity index (χ4v) is 2.57. The van der Waals surface area contributed by atoms with Gasteiger partial charge in [0, 0.05) is 15.7 Å². The molecule has 0 aliphatic carbocycles. The summed E-state index contributed by atoms with van der Waals surface area (Å²) in [5.41, 5.74) is 0.676. The average Bonchev–Trinajstić information content (AvgIpc) is 2.70. The molecule has 3 aromatic rings. The summed E-state index contributed by atoms with van der Waals surface area (Å²) in [6, 6.07) is 19.4. The number of hydrogen-bond acceptors (Lipinski definition) is 4. The minimum atomic E-state index is -0.643. The first-order chi connectivity index (χ1) is 13.5. The minimum absolute atomic E-state index is 0.0258. The van der Waals surface area contributed by atoms with Crippen LogP contribution in [0.3, 0.4) is 0 Å². The van der Waals surface area contributed by atoms with Gasteiger partial charge in [0.25, 0.3) is 5.91 Å². The lowest BCUT2D eigenvalue weighted by atomic mass is 10.2. The third kappa shape index (κ3) is 5.09. The maximum absolute atomic E-state index is 14.3. The number of amides is 1. The fourth-order valence-electron chi connectivity index (χ4n) is 2.31. The Labute approximate surface area is 169 Å². The second kappa shape index (κ2) is 9.02. The molecule has 28 heavy (non-hydrogen) atoms. The van der Waals surface area contributed by atoms with E-state index in [1.165, 1.54) is 12.1 Å². The first kappa shape index (κ1) is 19.4. The Bertz CT molecular complexity index is 1020. The van der Waals surface area contributed by atoms with Gasteiger partial charge in [-0.25, -0.2) is 4.39 Å². The number of nitrogens with zero attached hydrogens (tertiary/aromatic N) is 1. The molecule has 0 aromatic heterocycles. The molecule has 3 aromatic carbocycles. The Balaban J connectivity index is 1.66. The summed E-state index contributed by atoms with van der Waals surface area (Å²) in [5.74, 6) is -0.0773. The Morgan fingerprint density at radius 1 is 1.04 bits per heavy atom. The summed E-state index contributed by atoms with van der Waals surface area (Å²) in [4.78, 5) is 12.3. The standard InChI is InChI=1S/C21H14BrFN2O3/c22-15-2-6-18(7-3-15)28-20-10-1-14(13-19(20)23)21(26)25-16-4-8-17(9-5-16)27-12-11-24/h1-10,13H,12H2,(H,25,26). The van der Waals surface area contributed by atoms with Crippen LogP contribution in [0.25, 0.3) is 0 Å². The minimum Gasteiger partial charge on any atom is -0.479 e. The highest BCUT2D eigenvalue weighted by Gasteiger charge is 2.12. The molecule has 0 saturated heterocycles. The van der Waals surface area contributed by atoms with Crippen LogP contribution in [0, 0.1) is 17.1 Å². The molecule has 5 nitrogen and oxygen atoms in total. The zero-order valence-corrected chi connectivity index (χ0v) is 16.1. The number of anilines is 1. The molecule has 0 radical (unpaired) electrons. The van der Waals surface area contributed by atoms with Crippen molar-refractivity contribution in [3.63, 3.8) is 0 Å². The number of ether oxygens (including phenoxy) is 2. The third-order valence-electron chi connectivity index (χ3n) is 3.65. The number of nitriles is 1. The molecule has 7 heteroatoms. The van der Waals surface area contributed by atoms with Crippen molar-refractivity contribution in [1.29, 1.82) is 5.26 Å². The van der Waals surface area contributed by atoms with Crippen molar-refractivity contribution in [2.45, 2.75) is 0 Å². The van der Waals surface area contributed by atoms with Crippen molar-refractivity contribution >= 4 is 27.5 Å². The van der Waals surface area contributed by atoms with Crippen molar-refractivity contribution in [2.24, 2.45) is 0 Å². The monoisotopic (exact) mass is 440 g/mol. The van der Waals surface area contributed by atoms with Gasteiger partial charge in [0.05, 0.1) is 0 Å². The van der Waals surface area contributed by atoms with Gasteiger partial charge in [0.2, 0.25) is 0 Å². The molecule has 140 valence electrons. The van der Waals surface area contributed by atoms with Crippen LogP contribution in [0.4, 0.5) is 10.1 Å². The highest BCUT2D eigenvalue weighted by Crippen LogP contribution is 2.26. The number of carbonyl (C=O) groups excluding carboxylic acids is 1. The number of nitrogens with one attached hydrogen (secondary N) is 1. The van der Waals surface area contributed by atoms with Crippen LogP contribution in [0.5, 0.6) is 17.2 Å². The van der Waals surface area contributed by atoms with Crippen LogP contribution in [-0.2, 0) is 0 Å². The fraction of sp³-hybridized carbons (Fsp3) is 0.0476. The van der Waals surface area contributed by atoms with E-state index in [2.05, 4.69) is 21.2 Å². The predicted molar refractivity (Wildman–Crippen MR) is 106 cm³/mol. The highest BCUT2D eigenvalue weighted by molar-refractivity contribution is 9.10. The van der Waals surface area contributed by atoms with Crippen LogP contribution in [-0.4, -0.2) is 12.5 Å². The van der Waals surface area contributed by atoms with Crippen LogP contribution in [0.1, 0.15) is 10.4 Å². The molecule has 0 spiro atoms. The molecule has 0 atom stereocenters. The van der Waals surface area contributed by atoms with Gasteiger partial charge in [0.1, 0.15) is 17.6 Å². The van der Waals surface area contributed by atoms with E-state index in [0.29, 0.717) is 17.2 Å². The van der Waals surface area contributed by atoms with Gasteiger partial charge in [-0.15, -0.1) is 0 Å². The molecule has 0 aliphatic heterocycles. The second-order valence-corrected chi connectivity index (χ2v) is 6.54. The van der Waals surface area contributed by atoms with Gasteiger partial charge in [-0.05, 0) is 66.7 Å². The van der Waals surface area contributed by atoms with E-state index < -0.39 is 11.7 Å². The van der Waals surface area contributed by atoms with Gasteiger partial charge in [-0.3, -0.25) is 4.79 Å². The normalized spacial score (nSPS) is 10.0. The lowest BCUT2D eigenvalue weighted by Gasteiger charge is -2.10. The Morgan fingerprint density at radius 3 is 2.36 bits per heavy atom. The van der Waals surface area contributed by atoms with E-state index in [1.54, 1.807) is 48.5 Å². The predicted octanol–water partition coefficient (Wildman–Crippen LogP) is 5.54. The van der Waals surface area contributed by atoms with E-state index in [-0.39, 0.29) is 17.9 Å². The van der Waals surface area contributed by atoms with E-state index in [9.17, 15) is 9.18 Å². The van der Waals surface area contributed by atoms with Crippen molar-refractivity contribution < 1.29 is 18.7 Å². The maximum Gasteiger partial charge on any atom is 0.255 e. The Morgan fingerprint density at radius 2 is 1.71 bits per heavy atom. The third-order valence-corrected chi connectivity index (χ3v) is 4.18. The van der Waals surface area contributed by atoms with Gasteiger partial charge in [-0.2, -0.15) is 5.26 Å². The van der Waals surface area contributed by atoms with E-state index >= 15 is 0 Å². The summed E-state index contributed by atoms with van der Waals surface area (Å²) in [6.45, 7) is -0.0559. The van der Waals surface area contributed by atoms with Crippen molar-refractivity contribution in [3.05, 3.63) is 82.6 Å². The Kier molecular flexibility index (Phi) is 6.25. The molecule has 1 N–H and O–H groups in total. The number of benzene rings is 3. The molecule has 0 fully saturated rings. The highest BCUT2D eigenvalue weighted by atomic mass is 79.9. The maximum atomic E-state index is 14.3. The molecular formula is C21H14BrFN2O3.